The molecule has 2 saturated carbocycles. The number of carbonyl (C=O) groups is 2. The average Bonchev–Trinajstić information content (AvgIpc) is 4.02. The number of alkyl carbamates (subject to hydrolysis) is 2. The Kier molecular flexibility index (Phi) is 13.2. The maximum absolute atomic E-state index is 12.0. The molecule has 4 aliphatic rings. The van der Waals surface area contributed by atoms with Crippen LogP contribution in [-0.2, 0) is 47.9 Å². The lowest BCUT2D eigenvalue weighted by molar-refractivity contribution is 0.0972. The third-order valence-electron chi connectivity index (χ3n) is 11.5. The largest absolute Gasteiger partial charge is 0.446 e. The quantitative estimate of drug-likeness (QED) is 0.0985. The first-order valence-electron chi connectivity index (χ1n) is 21.0. The van der Waals surface area contributed by atoms with Crippen molar-refractivity contribution in [3.05, 3.63) is 76.6 Å². The standard InChI is InChI=1S/C21H29N5O4S.C21H28N4O4S/c1-13(2)22-21(27)30-17-6-4-14(11-17)18-12-20(25-24-18)23-16-5-7-19-15(10-16)8-9-31(28,29)26(19)3;1-13(2)22-21(26)29-18-6-4-15(10-18)19-11-20(25-24-19)23-17-5-3-16-12-30(27,28)8-7-14(16)9-17/h5,7,10,12-14,17H,4,6,8-9,11H2,1-3H3,(H,22,27)(H2,23,24,25);3,5,9,11,13,15,18H,4,6-8,10,12H2,1-2H3,(H,22,26)(H2,23,24,25)/t14-,17?;15-,18?/m00/s1. The number of aromatic nitrogens is 4. The van der Waals surface area contributed by atoms with Crippen LogP contribution in [0.15, 0.2) is 48.5 Å². The Balaban J connectivity index is 0.000000184. The first-order valence-corrected chi connectivity index (χ1v) is 24.4. The van der Waals surface area contributed by atoms with E-state index in [1.807, 2.05) is 76.2 Å². The monoisotopic (exact) mass is 879 g/mol. The molecule has 17 nitrogen and oxygen atoms in total. The van der Waals surface area contributed by atoms with Crippen molar-refractivity contribution in [2.24, 2.45) is 0 Å². The number of nitrogens with zero attached hydrogens (tertiary/aromatic N) is 3. The van der Waals surface area contributed by atoms with Crippen molar-refractivity contribution in [2.45, 2.75) is 121 Å². The summed E-state index contributed by atoms with van der Waals surface area (Å²) in [5.41, 5.74) is 7.46. The van der Waals surface area contributed by atoms with Crippen LogP contribution >= 0.6 is 0 Å². The predicted molar refractivity (Wildman–Crippen MR) is 234 cm³/mol. The number of sulfone groups is 1. The zero-order valence-corrected chi connectivity index (χ0v) is 36.9. The molecule has 61 heavy (non-hydrogen) atoms. The Morgan fingerprint density at radius 3 is 1.74 bits per heavy atom. The average molecular weight is 880 g/mol. The summed E-state index contributed by atoms with van der Waals surface area (Å²) in [5.74, 6) is 2.41. The van der Waals surface area contributed by atoms with Gasteiger partial charge in [-0.25, -0.2) is 26.4 Å². The number of hydrogen-bond acceptors (Lipinski definition) is 12. The number of benzene rings is 2. The van der Waals surface area contributed by atoms with Crippen LogP contribution < -0.4 is 25.6 Å². The van der Waals surface area contributed by atoms with Gasteiger partial charge in [-0.15, -0.1) is 0 Å². The molecule has 0 spiro atoms. The fourth-order valence-electron chi connectivity index (χ4n) is 8.36. The lowest BCUT2D eigenvalue weighted by Gasteiger charge is -2.27. The highest BCUT2D eigenvalue weighted by molar-refractivity contribution is 7.92. The molecule has 0 saturated heterocycles. The summed E-state index contributed by atoms with van der Waals surface area (Å²) in [4.78, 5) is 23.6. The molecule has 4 heterocycles. The zero-order chi connectivity index (χ0) is 43.5. The number of aromatic amines is 2. The molecule has 330 valence electrons. The van der Waals surface area contributed by atoms with Gasteiger partial charge in [0.05, 0.1) is 22.9 Å². The third-order valence-corrected chi connectivity index (χ3v) is 14.8. The number of anilines is 5. The predicted octanol–water partition coefficient (Wildman–Crippen LogP) is 6.64. The molecule has 2 fully saturated rings. The van der Waals surface area contributed by atoms with E-state index >= 15 is 0 Å². The minimum atomic E-state index is -3.21. The smallest absolute Gasteiger partial charge is 0.407 e. The van der Waals surface area contributed by atoms with Gasteiger partial charge in [0.2, 0.25) is 10.0 Å². The number of H-pyrrole nitrogens is 2. The zero-order valence-electron chi connectivity index (χ0n) is 35.3. The lowest BCUT2D eigenvalue weighted by Crippen LogP contribution is -2.34. The maximum Gasteiger partial charge on any atom is 0.407 e. The van der Waals surface area contributed by atoms with Gasteiger partial charge in [0, 0.05) is 65.9 Å². The van der Waals surface area contributed by atoms with Gasteiger partial charge in [0.25, 0.3) is 0 Å². The van der Waals surface area contributed by atoms with E-state index in [2.05, 4.69) is 41.7 Å². The van der Waals surface area contributed by atoms with E-state index in [4.69, 9.17) is 9.47 Å². The van der Waals surface area contributed by atoms with Gasteiger partial charge in [0.15, 0.2) is 21.5 Å². The van der Waals surface area contributed by atoms with Gasteiger partial charge >= 0.3 is 12.2 Å². The Bertz CT molecular complexity index is 2430. The van der Waals surface area contributed by atoms with Crippen molar-refractivity contribution in [3.8, 4) is 0 Å². The normalized spacial score (nSPS) is 22.4. The van der Waals surface area contributed by atoms with E-state index in [9.17, 15) is 26.4 Å². The molecular weight excluding hydrogens is 823 g/mol. The van der Waals surface area contributed by atoms with Gasteiger partial charge in [-0.3, -0.25) is 14.5 Å². The SMILES string of the molecule is CC(C)NC(=O)OC1CC[C@H](c2cc(Nc3ccc4c(c3)CCS(=O)(=O)C4)n[nH]2)C1.CC(C)NC(=O)OC1CC[C@H](c2cc(Nc3ccc4c(c3)CCS(=O)(=O)N4C)n[nH]2)C1. The van der Waals surface area contributed by atoms with Crippen molar-refractivity contribution < 1.29 is 35.9 Å². The van der Waals surface area contributed by atoms with Crippen molar-refractivity contribution in [3.63, 3.8) is 0 Å². The molecule has 2 aromatic heterocycles. The highest BCUT2D eigenvalue weighted by Gasteiger charge is 2.32. The minimum absolute atomic E-state index is 0.0549. The molecule has 2 aliphatic carbocycles. The van der Waals surface area contributed by atoms with Crippen molar-refractivity contribution >= 4 is 60.7 Å². The molecule has 4 atom stereocenters. The van der Waals surface area contributed by atoms with Crippen LogP contribution in [0.25, 0.3) is 0 Å². The maximum atomic E-state index is 12.0. The van der Waals surface area contributed by atoms with E-state index in [1.165, 1.54) is 4.31 Å². The summed E-state index contributed by atoms with van der Waals surface area (Å²) in [7, 11) is -4.59. The van der Waals surface area contributed by atoms with E-state index in [0.717, 1.165) is 89.5 Å². The number of carbonyl (C=O) groups excluding carboxylic acids is 2. The molecule has 0 radical (unpaired) electrons. The Morgan fingerprint density at radius 1 is 0.689 bits per heavy atom. The van der Waals surface area contributed by atoms with Crippen LogP contribution in [0, 0.1) is 0 Å². The van der Waals surface area contributed by atoms with Crippen molar-refractivity contribution in [1.82, 2.24) is 31.0 Å². The van der Waals surface area contributed by atoms with Crippen molar-refractivity contribution in [2.75, 3.05) is 33.5 Å². The second kappa shape index (κ2) is 18.4. The summed E-state index contributed by atoms with van der Waals surface area (Å²) in [6.07, 6.45) is 5.25. The molecule has 4 aromatic rings. The van der Waals surface area contributed by atoms with Gasteiger partial charge in [-0.05, 0) is 126 Å². The van der Waals surface area contributed by atoms with E-state index in [0.29, 0.717) is 18.7 Å². The summed E-state index contributed by atoms with van der Waals surface area (Å²) in [6.45, 7) is 7.62. The Labute approximate surface area is 357 Å². The van der Waals surface area contributed by atoms with E-state index < -0.39 is 19.9 Å². The summed E-state index contributed by atoms with van der Waals surface area (Å²) in [6, 6.07) is 15.5. The number of hydrogen-bond donors (Lipinski definition) is 6. The molecule has 2 unspecified atom stereocenters. The van der Waals surface area contributed by atoms with Crippen LogP contribution in [0.5, 0.6) is 0 Å². The minimum Gasteiger partial charge on any atom is -0.446 e. The number of rotatable bonds is 10. The lowest BCUT2D eigenvalue weighted by atomic mass is 10.0. The van der Waals surface area contributed by atoms with Gasteiger partial charge in [-0.2, -0.15) is 10.2 Å². The van der Waals surface area contributed by atoms with Gasteiger partial charge < -0.3 is 30.7 Å². The van der Waals surface area contributed by atoms with Gasteiger partial charge in [0.1, 0.15) is 12.2 Å². The molecule has 2 aromatic carbocycles. The van der Waals surface area contributed by atoms with E-state index in [1.54, 1.807) is 7.05 Å². The van der Waals surface area contributed by atoms with Crippen molar-refractivity contribution in [1.29, 1.82) is 0 Å². The Hall–Kier alpha value is -5.30. The second-order valence-electron chi connectivity index (χ2n) is 17.0. The highest BCUT2D eigenvalue weighted by Crippen LogP contribution is 2.38. The number of nitrogens with one attached hydrogen (secondary N) is 6. The third kappa shape index (κ3) is 11.3. The fraction of sp³-hybridized carbons (Fsp3) is 0.524. The summed E-state index contributed by atoms with van der Waals surface area (Å²) in [5, 5.41) is 27.0. The molecule has 0 bridgehead atoms. The molecular formula is C42H57N9O8S2. The molecule has 6 N–H and O–H groups in total. The molecule has 2 aliphatic heterocycles. The number of aryl methyl sites for hydroxylation is 2. The number of fused-ring (bicyclic) bond motifs is 2. The number of amides is 2. The molecule has 8 rings (SSSR count). The first-order chi connectivity index (χ1) is 29.0. The van der Waals surface area contributed by atoms with Crippen LogP contribution in [-0.4, -0.2) is 92.3 Å². The number of sulfonamides is 1. The Morgan fingerprint density at radius 2 is 1.20 bits per heavy atom. The highest BCUT2D eigenvalue weighted by atomic mass is 32.2. The summed E-state index contributed by atoms with van der Waals surface area (Å²) < 4.78 is 60.0. The van der Waals surface area contributed by atoms with E-state index in [-0.39, 0.29) is 65.6 Å². The van der Waals surface area contributed by atoms with Crippen LogP contribution in [0.4, 0.5) is 38.3 Å². The topological polar surface area (TPSA) is 230 Å². The second-order valence-corrected chi connectivity index (χ2v) is 21.3. The number of ether oxygens (including phenoxy) is 2. The van der Waals surface area contributed by atoms with Gasteiger partial charge in [-0.1, -0.05) is 6.07 Å². The first kappa shape index (κ1) is 43.8. The summed E-state index contributed by atoms with van der Waals surface area (Å²) >= 11 is 0. The van der Waals surface area contributed by atoms with Crippen LogP contribution in [0.1, 0.15) is 106 Å². The molecule has 2 amide bonds. The van der Waals surface area contributed by atoms with Crippen LogP contribution in [0.2, 0.25) is 0 Å². The van der Waals surface area contributed by atoms with Crippen LogP contribution in [0.3, 0.4) is 0 Å². The molecule has 19 heteroatoms. The fourth-order valence-corrected chi connectivity index (χ4v) is 11.0.